The van der Waals surface area contributed by atoms with Crippen LogP contribution in [-0.2, 0) is 6.61 Å². The molecule has 0 atom stereocenters. The number of fused-ring (bicyclic) bond motifs is 1. The highest BCUT2D eigenvalue weighted by molar-refractivity contribution is 14.1. The number of hydrogen-bond acceptors (Lipinski definition) is 4. The highest BCUT2D eigenvalue weighted by Gasteiger charge is 2.12. The lowest BCUT2D eigenvalue weighted by molar-refractivity contribution is -0.384. The summed E-state index contributed by atoms with van der Waals surface area (Å²) in [5.41, 5.74) is 3.11. The maximum Gasteiger partial charge on any atom is 0.269 e. The summed E-state index contributed by atoms with van der Waals surface area (Å²) in [6, 6.07) is 26.7. The standard InChI is InChI=1S/C26H16I2N2O3/c27-24-12-18(10-22(15-29)21-9-8-19-5-1-2-6-20(19)14-21)13-25(28)26(24)33-16-17-4-3-7-23(11-17)30(31)32/h1-14H,16H2/b22-10-. The fourth-order valence-electron chi connectivity index (χ4n) is 3.42. The molecule has 0 saturated carbocycles. The molecule has 4 aromatic rings. The molecule has 4 aromatic carbocycles. The zero-order valence-corrected chi connectivity index (χ0v) is 21.5. The molecule has 0 saturated heterocycles. The van der Waals surface area contributed by atoms with Crippen LogP contribution in [0.4, 0.5) is 5.69 Å². The third-order valence-electron chi connectivity index (χ3n) is 5.02. The van der Waals surface area contributed by atoms with E-state index in [4.69, 9.17) is 4.74 Å². The van der Waals surface area contributed by atoms with Gasteiger partial charge in [-0.05, 0) is 96.9 Å². The van der Waals surface area contributed by atoms with E-state index in [9.17, 15) is 15.4 Å². The summed E-state index contributed by atoms with van der Waals surface area (Å²) in [6.45, 7) is 0.226. The van der Waals surface area contributed by atoms with Gasteiger partial charge in [0.15, 0.2) is 0 Å². The number of ether oxygens (including phenoxy) is 1. The monoisotopic (exact) mass is 658 g/mol. The summed E-state index contributed by atoms with van der Waals surface area (Å²) in [5, 5.41) is 23.0. The van der Waals surface area contributed by atoms with E-state index in [0.29, 0.717) is 11.3 Å². The highest BCUT2D eigenvalue weighted by Crippen LogP contribution is 2.32. The first-order chi connectivity index (χ1) is 15.9. The lowest BCUT2D eigenvalue weighted by atomic mass is 10.0. The molecule has 0 heterocycles. The summed E-state index contributed by atoms with van der Waals surface area (Å²) in [4.78, 5) is 10.6. The van der Waals surface area contributed by atoms with Crippen molar-refractivity contribution in [2.24, 2.45) is 0 Å². The molecule has 7 heteroatoms. The van der Waals surface area contributed by atoms with E-state index in [0.717, 1.165) is 34.6 Å². The molecular weight excluding hydrogens is 642 g/mol. The number of nitriles is 1. The topological polar surface area (TPSA) is 76.2 Å². The molecule has 0 aliphatic carbocycles. The highest BCUT2D eigenvalue weighted by atomic mass is 127. The number of nitro groups is 1. The van der Waals surface area contributed by atoms with Crippen LogP contribution in [0.2, 0.25) is 0 Å². The van der Waals surface area contributed by atoms with E-state index in [1.54, 1.807) is 12.1 Å². The molecule has 162 valence electrons. The fourth-order valence-corrected chi connectivity index (χ4v) is 5.55. The quantitative estimate of drug-likeness (QED) is 0.0704. The second-order valence-electron chi connectivity index (χ2n) is 7.26. The van der Waals surface area contributed by atoms with Crippen LogP contribution in [0.3, 0.4) is 0 Å². The van der Waals surface area contributed by atoms with Crippen molar-refractivity contribution < 1.29 is 9.66 Å². The predicted molar refractivity (Wildman–Crippen MR) is 147 cm³/mol. The third-order valence-corrected chi connectivity index (χ3v) is 6.62. The lowest BCUT2D eigenvalue weighted by Crippen LogP contribution is -2.00. The number of non-ortho nitro benzene ring substituents is 1. The van der Waals surface area contributed by atoms with Crippen LogP contribution in [0.1, 0.15) is 16.7 Å². The number of halogens is 2. The molecule has 0 fully saturated rings. The SMILES string of the molecule is N#C/C(=C/c1cc(I)c(OCc2cccc([N+](=O)[O-])c2)c(I)c1)c1ccc2ccccc2c1. The molecule has 0 bridgehead atoms. The lowest BCUT2D eigenvalue weighted by Gasteiger charge is -2.12. The number of hydrogen-bond donors (Lipinski definition) is 0. The van der Waals surface area contributed by atoms with Gasteiger partial charge in [0.1, 0.15) is 12.4 Å². The number of allylic oxidation sites excluding steroid dienone is 1. The van der Waals surface area contributed by atoms with Crippen LogP contribution in [0.5, 0.6) is 5.75 Å². The van der Waals surface area contributed by atoms with E-state index >= 15 is 0 Å². The van der Waals surface area contributed by atoms with E-state index in [1.807, 2.05) is 60.7 Å². The zero-order valence-electron chi connectivity index (χ0n) is 17.2. The Bertz CT molecular complexity index is 1420. The van der Waals surface area contributed by atoms with Crippen LogP contribution in [0.15, 0.2) is 78.9 Å². The van der Waals surface area contributed by atoms with E-state index in [2.05, 4.69) is 51.3 Å². The summed E-state index contributed by atoms with van der Waals surface area (Å²) in [6.07, 6.45) is 1.87. The van der Waals surface area contributed by atoms with Crippen LogP contribution in [-0.4, -0.2) is 4.92 Å². The number of rotatable bonds is 6. The number of nitrogens with zero attached hydrogens (tertiary/aromatic N) is 2. The molecule has 0 N–H and O–H groups in total. The largest absolute Gasteiger partial charge is 0.487 e. The minimum Gasteiger partial charge on any atom is -0.487 e. The van der Waals surface area contributed by atoms with E-state index < -0.39 is 4.92 Å². The van der Waals surface area contributed by atoms with Crippen molar-refractivity contribution in [1.82, 2.24) is 0 Å². The van der Waals surface area contributed by atoms with Gasteiger partial charge in [-0.25, -0.2) is 0 Å². The van der Waals surface area contributed by atoms with Crippen molar-refractivity contribution in [3.63, 3.8) is 0 Å². The van der Waals surface area contributed by atoms with Gasteiger partial charge in [0.05, 0.1) is 23.7 Å². The molecule has 0 aliphatic heterocycles. The van der Waals surface area contributed by atoms with Crippen molar-refractivity contribution in [2.75, 3.05) is 0 Å². The van der Waals surface area contributed by atoms with Gasteiger partial charge in [0.2, 0.25) is 0 Å². The summed E-state index contributed by atoms with van der Waals surface area (Å²) in [7, 11) is 0. The van der Waals surface area contributed by atoms with Crippen molar-refractivity contribution >= 4 is 73.3 Å². The van der Waals surface area contributed by atoms with E-state index in [1.165, 1.54) is 12.1 Å². The van der Waals surface area contributed by atoms with Gasteiger partial charge in [0.25, 0.3) is 5.69 Å². The van der Waals surface area contributed by atoms with Crippen LogP contribution < -0.4 is 4.74 Å². The van der Waals surface area contributed by atoms with E-state index in [-0.39, 0.29) is 12.3 Å². The molecule has 33 heavy (non-hydrogen) atoms. The average Bonchev–Trinajstić information content (AvgIpc) is 2.82. The first-order valence-electron chi connectivity index (χ1n) is 9.91. The van der Waals surface area contributed by atoms with Gasteiger partial charge >= 0.3 is 0 Å². The summed E-state index contributed by atoms with van der Waals surface area (Å²) < 4.78 is 7.77. The van der Waals surface area contributed by atoms with Crippen LogP contribution >= 0.6 is 45.2 Å². The predicted octanol–water partition coefficient (Wildman–Crippen LogP) is 7.60. The Hall–Kier alpha value is -2.97. The second-order valence-corrected chi connectivity index (χ2v) is 9.59. The zero-order chi connectivity index (χ0) is 23.4. The van der Waals surface area contributed by atoms with Crippen LogP contribution in [0.25, 0.3) is 22.4 Å². The minimum absolute atomic E-state index is 0.0405. The summed E-state index contributed by atoms with van der Waals surface area (Å²) >= 11 is 4.41. The van der Waals surface area contributed by atoms with Gasteiger partial charge in [-0.15, -0.1) is 0 Å². The first-order valence-corrected chi connectivity index (χ1v) is 12.1. The molecule has 0 aromatic heterocycles. The normalized spacial score (nSPS) is 11.2. The van der Waals surface area contributed by atoms with Crippen molar-refractivity contribution in [3.8, 4) is 11.8 Å². The maximum atomic E-state index is 11.0. The molecule has 0 radical (unpaired) electrons. The second kappa shape index (κ2) is 10.3. The van der Waals surface area contributed by atoms with Gasteiger partial charge in [-0.1, -0.05) is 48.5 Å². The van der Waals surface area contributed by atoms with Gasteiger partial charge in [0, 0.05) is 12.1 Å². The molecule has 5 nitrogen and oxygen atoms in total. The molecule has 0 aliphatic rings. The molecule has 0 amide bonds. The van der Waals surface area contributed by atoms with Gasteiger partial charge in [-0.3, -0.25) is 10.1 Å². The third kappa shape index (κ3) is 5.51. The Morgan fingerprint density at radius 2 is 1.70 bits per heavy atom. The fraction of sp³-hybridized carbons (Fsp3) is 0.0385. The molecule has 4 rings (SSSR count). The Morgan fingerprint density at radius 3 is 2.39 bits per heavy atom. The maximum absolute atomic E-state index is 11.0. The van der Waals surface area contributed by atoms with Gasteiger partial charge in [-0.2, -0.15) is 5.26 Å². The number of nitro benzene ring substituents is 1. The molecular formula is C26H16I2N2O3. The van der Waals surface area contributed by atoms with Crippen molar-refractivity contribution in [2.45, 2.75) is 6.61 Å². The Balaban J connectivity index is 1.59. The summed E-state index contributed by atoms with van der Waals surface area (Å²) in [5.74, 6) is 0.712. The minimum atomic E-state index is -0.416. The van der Waals surface area contributed by atoms with Gasteiger partial charge < -0.3 is 4.74 Å². The molecule has 0 spiro atoms. The Labute approximate surface area is 218 Å². The Kier molecular flexibility index (Phi) is 7.25. The van der Waals surface area contributed by atoms with Crippen LogP contribution in [0, 0.1) is 28.6 Å². The Morgan fingerprint density at radius 1 is 0.970 bits per heavy atom. The van der Waals surface area contributed by atoms with Crippen molar-refractivity contribution in [3.05, 3.63) is 113 Å². The average molecular weight is 658 g/mol. The molecule has 0 unspecified atom stereocenters. The first kappa shape index (κ1) is 23.2. The number of benzene rings is 4. The van der Waals surface area contributed by atoms with Crippen molar-refractivity contribution in [1.29, 1.82) is 5.26 Å². The smallest absolute Gasteiger partial charge is 0.269 e.